The summed E-state index contributed by atoms with van der Waals surface area (Å²) < 4.78 is 37.0. The first-order valence-corrected chi connectivity index (χ1v) is 5.65. The highest BCUT2D eigenvalue weighted by Gasteiger charge is 2.46. The standard InChI is InChI=1S/C9H11F3N2OS/c10-9(11,12)7-14-3-6(16-7)8(15,4-13)5-1-2-5/h3,5,15H,1-2,4,13H2. The number of nitrogens with two attached hydrogens (primary N) is 1. The fraction of sp³-hybridized carbons (Fsp3) is 0.667. The average molecular weight is 252 g/mol. The van der Waals surface area contributed by atoms with Crippen LogP contribution in [0.15, 0.2) is 6.20 Å². The van der Waals surface area contributed by atoms with Gasteiger partial charge >= 0.3 is 6.18 Å². The molecule has 0 spiro atoms. The van der Waals surface area contributed by atoms with E-state index in [0.717, 1.165) is 19.0 Å². The molecular weight excluding hydrogens is 241 g/mol. The van der Waals surface area contributed by atoms with E-state index in [4.69, 9.17) is 5.73 Å². The second kappa shape index (κ2) is 3.68. The van der Waals surface area contributed by atoms with E-state index in [1.165, 1.54) is 0 Å². The zero-order valence-corrected chi connectivity index (χ0v) is 9.11. The number of hydrogen-bond acceptors (Lipinski definition) is 4. The second-order valence-electron chi connectivity index (χ2n) is 3.93. The van der Waals surface area contributed by atoms with E-state index in [0.29, 0.717) is 11.3 Å². The first-order valence-electron chi connectivity index (χ1n) is 4.84. The molecule has 0 bridgehead atoms. The van der Waals surface area contributed by atoms with Crippen LogP contribution < -0.4 is 5.73 Å². The van der Waals surface area contributed by atoms with Gasteiger partial charge in [-0.3, -0.25) is 0 Å². The van der Waals surface area contributed by atoms with Gasteiger partial charge in [0.25, 0.3) is 0 Å². The molecule has 0 aromatic carbocycles. The number of nitrogens with zero attached hydrogens (tertiary/aromatic N) is 1. The molecule has 1 aromatic heterocycles. The van der Waals surface area contributed by atoms with Gasteiger partial charge in [-0.05, 0) is 18.8 Å². The molecule has 1 aliphatic carbocycles. The Labute approximate surface area is 94.1 Å². The number of hydrogen-bond donors (Lipinski definition) is 2. The minimum Gasteiger partial charge on any atom is -0.383 e. The molecule has 1 saturated carbocycles. The lowest BCUT2D eigenvalue weighted by Gasteiger charge is -2.24. The van der Waals surface area contributed by atoms with Crippen molar-refractivity contribution in [1.29, 1.82) is 0 Å². The van der Waals surface area contributed by atoms with Gasteiger partial charge in [0.2, 0.25) is 0 Å². The Balaban J connectivity index is 2.30. The molecule has 3 N–H and O–H groups in total. The molecule has 1 atom stereocenters. The molecule has 1 aromatic rings. The predicted molar refractivity (Wildman–Crippen MR) is 52.8 cm³/mol. The topological polar surface area (TPSA) is 59.1 Å². The van der Waals surface area contributed by atoms with Gasteiger partial charge in [0, 0.05) is 12.7 Å². The van der Waals surface area contributed by atoms with Gasteiger partial charge in [0.1, 0.15) is 5.60 Å². The molecule has 0 aliphatic heterocycles. The Kier molecular flexibility index (Phi) is 2.72. The first-order chi connectivity index (χ1) is 7.38. The molecule has 3 nitrogen and oxygen atoms in total. The Morgan fingerprint density at radius 3 is 2.50 bits per heavy atom. The molecule has 0 radical (unpaired) electrons. The summed E-state index contributed by atoms with van der Waals surface area (Å²) in [7, 11) is 0. The summed E-state index contributed by atoms with van der Waals surface area (Å²) in [6.45, 7) is -0.0723. The van der Waals surface area contributed by atoms with Crippen LogP contribution >= 0.6 is 11.3 Å². The summed E-state index contributed by atoms with van der Waals surface area (Å²) in [6, 6.07) is 0. The van der Waals surface area contributed by atoms with Gasteiger partial charge in [-0.2, -0.15) is 13.2 Å². The van der Waals surface area contributed by atoms with Crippen molar-refractivity contribution >= 4 is 11.3 Å². The monoisotopic (exact) mass is 252 g/mol. The maximum absolute atomic E-state index is 12.3. The number of aliphatic hydroxyl groups is 1. The van der Waals surface area contributed by atoms with Crippen LogP contribution in [0.3, 0.4) is 0 Å². The van der Waals surface area contributed by atoms with E-state index in [1.54, 1.807) is 0 Å². The van der Waals surface area contributed by atoms with Crippen LogP contribution in [0.2, 0.25) is 0 Å². The fourth-order valence-corrected chi connectivity index (χ4v) is 2.60. The molecule has 2 rings (SSSR count). The highest BCUT2D eigenvalue weighted by atomic mass is 32.1. The van der Waals surface area contributed by atoms with E-state index in [2.05, 4.69) is 4.98 Å². The maximum atomic E-state index is 12.3. The smallest absolute Gasteiger partial charge is 0.383 e. The van der Waals surface area contributed by atoms with Crippen molar-refractivity contribution in [3.8, 4) is 0 Å². The van der Waals surface area contributed by atoms with Gasteiger partial charge < -0.3 is 10.8 Å². The number of thiazole rings is 1. The summed E-state index contributed by atoms with van der Waals surface area (Å²) in [5.41, 5.74) is 4.11. The van der Waals surface area contributed by atoms with Gasteiger partial charge in [-0.15, -0.1) is 11.3 Å². The fourth-order valence-electron chi connectivity index (χ4n) is 1.63. The second-order valence-corrected chi connectivity index (χ2v) is 4.96. The normalized spacial score (nSPS) is 20.8. The van der Waals surface area contributed by atoms with Crippen molar-refractivity contribution in [1.82, 2.24) is 4.98 Å². The molecule has 16 heavy (non-hydrogen) atoms. The number of alkyl halides is 3. The Hall–Kier alpha value is -0.660. The minimum atomic E-state index is -4.46. The largest absolute Gasteiger partial charge is 0.443 e. The quantitative estimate of drug-likeness (QED) is 0.861. The van der Waals surface area contributed by atoms with Gasteiger partial charge in [0.05, 0.1) is 4.88 Å². The predicted octanol–water partition coefficient (Wildman–Crippen LogP) is 1.72. The van der Waals surface area contributed by atoms with Crippen molar-refractivity contribution in [2.24, 2.45) is 11.7 Å². The number of aromatic nitrogens is 1. The SMILES string of the molecule is NCC(O)(c1cnc(C(F)(F)F)s1)C1CC1. The van der Waals surface area contributed by atoms with Crippen molar-refractivity contribution in [2.75, 3.05) is 6.54 Å². The molecule has 90 valence electrons. The molecule has 7 heteroatoms. The third kappa shape index (κ3) is 1.94. The lowest BCUT2D eigenvalue weighted by Crippen LogP contribution is -2.36. The third-order valence-electron chi connectivity index (χ3n) is 2.74. The van der Waals surface area contributed by atoms with Gasteiger partial charge in [-0.1, -0.05) is 0 Å². The number of halogens is 3. The van der Waals surface area contributed by atoms with Crippen LogP contribution in [0.1, 0.15) is 22.7 Å². The van der Waals surface area contributed by atoms with Gasteiger partial charge in [0.15, 0.2) is 5.01 Å². The highest BCUT2D eigenvalue weighted by Crippen LogP contribution is 2.47. The van der Waals surface area contributed by atoms with E-state index in [9.17, 15) is 18.3 Å². The Bertz CT molecular complexity index is 388. The zero-order valence-electron chi connectivity index (χ0n) is 8.29. The zero-order chi connectivity index (χ0) is 12.0. The van der Waals surface area contributed by atoms with Crippen LogP contribution in [-0.4, -0.2) is 16.6 Å². The lowest BCUT2D eigenvalue weighted by atomic mass is 9.97. The number of rotatable bonds is 3. The van der Waals surface area contributed by atoms with E-state index >= 15 is 0 Å². The van der Waals surface area contributed by atoms with Crippen LogP contribution in [0.5, 0.6) is 0 Å². The minimum absolute atomic E-state index is 0.0287. The lowest BCUT2D eigenvalue weighted by molar-refractivity contribution is -0.137. The molecule has 1 unspecified atom stereocenters. The average Bonchev–Trinajstić information content (AvgIpc) is 2.92. The highest BCUT2D eigenvalue weighted by molar-refractivity contribution is 7.11. The van der Waals surface area contributed by atoms with Crippen molar-refractivity contribution < 1.29 is 18.3 Å². The van der Waals surface area contributed by atoms with Crippen molar-refractivity contribution in [2.45, 2.75) is 24.6 Å². The van der Waals surface area contributed by atoms with E-state index < -0.39 is 16.8 Å². The van der Waals surface area contributed by atoms with E-state index in [1.807, 2.05) is 0 Å². The molecule has 1 fully saturated rings. The summed E-state index contributed by atoms with van der Waals surface area (Å²) in [5, 5.41) is 9.25. The van der Waals surface area contributed by atoms with Crippen molar-refractivity contribution in [3.05, 3.63) is 16.1 Å². The maximum Gasteiger partial charge on any atom is 0.443 e. The Morgan fingerprint density at radius 1 is 1.50 bits per heavy atom. The summed E-state index contributed by atoms with van der Waals surface area (Å²) >= 11 is 0.474. The van der Waals surface area contributed by atoms with E-state index in [-0.39, 0.29) is 17.3 Å². The Morgan fingerprint density at radius 2 is 2.12 bits per heavy atom. The summed E-state index contributed by atoms with van der Waals surface area (Å²) in [6.07, 6.45) is -1.78. The van der Waals surface area contributed by atoms with Crippen LogP contribution in [0.25, 0.3) is 0 Å². The van der Waals surface area contributed by atoms with Gasteiger partial charge in [-0.25, -0.2) is 4.98 Å². The first kappa shape index (κ1) is 11.8. The molecule has 1 heterocycles. The van der Waals surface area contributed by atoms with Crippen LogP contribution in [0.4, 0.5) is 13.2 Å². The third-order valence-corrected chi connectivity index (χ3v) is 3.95. The molecule has 0 amide bonds. The molecule has 1 aliphatic rings. The molecular formula is C9H11F3N2OS. The molecule has 0 saturated heterocycles. The summed E-state index contributed by atoms with van der Waals surface area (Å²) in [4.78, 5) is 3.50. The van der Waals surface area contributed by atoms with Crippen molar-refractivity contribution in [3.63, 3.8) is 0 Å². The summed E-state index contributed by atoms with van der Waals surface area (Å²) in [5.74, 6) is -0.0287. The van der Waals surface area contributed by atoms with Crippen LogP contribution in [0, 0.1) is 5.92 Å². The van der Waals surface area contributed by atoms with Crippen LogP contribution in [-0.2, 0) is 11.8 Å².